The van der Waals surface area contributed by atoms with Crippen LogP contribution in [0.3, 0.4) is 0 Å². The Bertz CT molecular complexity index is 1540. The average molecular weight is 546 g/mol. The quantitative estimate of drug-likeness (QED) is 0.335. The first-order valence-electron chi connectivity index (χ1n) is 12.4. The second-order valence-electron chi connectivity index (χ2n) is 8.98. The van der Waals surface area contributed by atoms with Crippen LogP contribution >= 0.6 is 11.6 Å². The lowest BCUT2D eigenvalue weighted by Crippen LogP contribution is -2.43. The number of fused-ring (bicyclic) bond motifs is 1. The van der Waals surface area contributed by atoms with Crippen LogP contribution in [0.1, 0.15) is 16.8 Å². The summed E-state index contributed by atoms with van der Waals surface area (Å²) in [4.78, 5) is 33.5. The van der Waals surface area contributed by atoms with Crippen molar-refractivity contribution in [2.75, 3.05) is 31.4 Å². The average Bonchev–Trinajstić information content (AvgIpc) is 2.97. The fourth-order valence-electron chi connectivity index (χ4n) is 4.48. The lowest BCUT2D eigenvalue weighted by molar-refractivity contribution is 0.205. The van der Waals surface area contributed by atoms with Crippen molar-refractivity contribution in [1.82, 2.24) is 14.5 Å². The maximum atomic E-state index is 13.9. The SMILES string of the molecule is COc1ccc(CNc2nc3c(c(=O)n2-c2ccccc2)CN(C(=O)Nc2cc(Cl)ccc2OC)CC3)cc1. The van der Waals surface area contributed by atoms with Crippen molar-refractivity contribution in [2.24, 2.45) is 0 Å². The number of nitrogens with zero attached hydrogens (tertiary/aromatic N) is 3. The van der Waals surface area contributed by atoms with Crippen molar-refractivity contribution < 1.29 is 14.3 Å². The summed E-state index contributed by atoms with van der Waals surface area (Å²) in [6, 6.07) is 21.7. The number of halogens is 1. The molecule has 0 bridgehead atoms. The molecule has 0 atom stereocenters. The van der Waals surface area contributed by atoms with Crippen LogP contribution in [0.4, 0.5) is 16.4 Å². The Morgan fingerprint density at radius 3 is 2.51 bits per heavy atom. The number of carbonyl (C=O) groups is 1. The van der Waals surface area contributed by atoms with Gasteiger partial charge in [-0.3, -0.25) is 4.79 Å². The van der Waals surface area contributed by atoms with E-state index < -0.39 is 0 Å². The Morgan fingerprint density at radius 2 is 1.79 bits per heavy atom. The summed E-state index contributed by atoms with van der Waals surface area (Å²) >= 11 is 6.12. The monoisotopic (exact) mass is 545 g/mol. The third-order valence-corrected chi connectivity index (χ3v) is 6.78. The molecule has 0 unspecified atom stereocenters. The van der Waals surface area contributed by atoms with Gasteiger partial charge in [-0.2, -0.15) is 0 Å². The molecule has 0 saturated carbocycles. The number of ether oxygens (including phenoxy) is 2. The molecule has 1 aromatic heterocycles. The molecular formula is C29H28ClN5O4. The van der Waals surface area contributed by atoms with E-state index in [1.807, 2.05) is 54.6 Å². The molecule has 2 heterocycles. The van der Waals surface area contributed by atoms with E-state index in [0.29, 0.717) is 58.9 Å². The number of methoxy groups -OCH3 is 2. The molecule has 1 aliphatic heterocycles. The molecule has 2 amide bonds. The number of anilines is 2. The van der Waals surface area contributed by atoms with Gasteiger partial charge in [0.05, 0.1) is 43.4 Å². The van der Waals surface area contributed by atoms with Gasteiger partial charge in [0.1, 0.15) is 11.5 Å². The molecule has 0 spiro atoms. The number of benzene rings is 3. The smallest absolute Gasteiger partial charge is 0.322 e. The maximum Gasteiger partial charge on any atom is 0.322 e. The van der Waals surface area contributed by atoms with Crippen LogP contribution in [0.5, 0.6) is 11.5 Å². The minimum Gasteiger partial charge on any atom is -0.497 e. The minimum absolute atomic E-state index is 0.126. The number of hydrogen-bond donors (Lipinski definition) is 2. The summed E-state index contributed by atoms with van der Waals surface area (Å²) < 4.78 is 12.1. The van der Waals surface area contributed by atoms with Gasteiger partial charge >= 0.3 is 6.03 Å². The second-order valence-corrected chi connectivity index (χ2v) is 9.42. The first kappa shape index (κ1) is 26.1. The first-order chi connectivity index (χ1) is 19.0. The second kappa shape index (κ2) is 11.5. The Kier molecular flexibility index (Phi) is 7.69. The van der Waals surface area contributed by atoms with E-state index >= 15 is 0 Å². The number of hydrogen-bond acceptors (Lipinski definition) is 6. The number of carbonyl (C=O) groups excluding carboxylic acids is 1. The molecule has 10 heteroatoms. The Morgan fingerprint density at radius 1 is 1.03 bits per heavy atom. The zero-order chi connectivity index (χ0) is 27.4. The fraction of sp³-hybridized carbons (Fsp3) is 0.207. The van der Waals surface area contributed by atoms with Gasteiger partial charge in [-0.05, 0) is 48.0 Å². The molecule has 0 fully saturated rings. The predicted molar refractivity (Wildman–Crippen MR) is 151 cm³/mol. The lowest BCUT2D eigenvalue weighted by atomic mass is 10.1. The zero-order valence-corrected chi connectivity index (χ0v) is 22.4. The number of urea groups is 1. The fourth-order valence-corrected chi connectivity index (χ4v) is 4.65. The molecule has 0 saturated heterocycles. The van der Waals surface area contributed by atoms with E-state index in [0.717, 1.165) is 11.3 Å². The van der Waals surface area contributed by atoms with Gasteiger partial charge < -0.3 is 25.0 Å². The number of para-hydroxylation sites is 1. The maximum absolute atomic E-state index is 13.9. The van der Waals surface area contributed by atoms with Crippen LogP contribution < -0.4 is 25.7 Å². The number of aromatic nitrogens is 2. The molecule has 4 aromatic rings. The summed E-state index contributed by atoms with van der Waals surface area (Å²) in [5.41, 5.74) is 3.09. The third kappa shape index (κ3) is 5.68. The highest BCUT2D eigenvalue weighted by atomic mass is 35.5. The molecule has 5 rings (SSSR count). The Labute approximate surface area is 231 Å². The van der Waals surface area contributed by atoms with Crippen molar-refractivity contribution in [3.63, 3.8) is 0 Å². The topological polar surface area (TPSA) is 97.7 Å². The summed E-state index contributed by atoms with van der Waals surface area (Å²) in [6.45, 7) is 1.00. The van der Waals surface area contributed by atoms with Crippen LogP contribution in [0.15, 0.2) is 77.6 Å². The molecule has 1 aliphatic rings. The van der Waals surface area contributed by atoms with E-state index in [4.69, 9.17) is 26.1 Å². The van der Waals surface area contributed by atoms with E-state index in [1.54, 1.807) is 34.8 Å². The van der Waals surface area contributed by atoms with Crippen LogP contribution in [0.25, 0.3) is 5.69 Å². The highest BCUT2D eigenvalue weighted by molar-refractivity contribution is 6.31. The normalized spacial score (nSPS) is 12.4. The Hall–Kier alpha value is -4.50. The van der Waals surface area contributed by atoms with Crippen molar-refractivity contribution in [3.05, 3.63) is 105 Å². The van der Waals surface area contributed by atoms with Gasteiger partial charge in [0.15, 0.2) is 0 Å². The van der Waals surface area contributed by atoms with Gasteiger partial charge in [-0.15, -0.1) is 0 Å². The van der Waals surface area contributed by atoms with E-state index in [2.05, 4.69) is 10.6 Å². The largest absolute Gasteiger partial charge is 0.497 e. The van der Waals surface area contributed by atoms with Crippen LogP contribution in [-0.4, -0.2) is 41.2 Å². The van der Waals surface area contributed by atoms with E-state index in [-0.39, 0.29) is 18.1 Å². The van der Waals surface area contributed by atoms with E-state index in [1.165, 1.54) is 7.11 Å². The molecule has 9 nitrogen and oxygen atoms in total. The molecule has 200 valence electrons. The zero-order valence-electron chi connectivity index (χ0n) is 21.6. The van der Waals surface area contributed by atoms with Gasteiger partial charge in [-0.1, -0.05) is 41.9 Å². The van der Waals surface area contributed by atoms with E-state index in [9.17, 15) is 9.59 Å². The molecule has 0 aliphatic carbocycles. The van der Waals surface area contributed by atoms with Crippen molar-refractivity contribution >= 4 is 29.3 Å². The predicted octanol–water partition coefficient (Wildman–Crippen LogP) is 5.11. The van der Waals surface area contributed by atoms with Crippen LogP contribution in [0.2, 0.25) is 5.02 Å². The van der Waals surface area contributed by atoms with Gasteiger partial charge in [-0.25, -0.2) is 14.3 Å². The highest BCUT2D eigenvalue weighted by Crippen LogP contribution is 2.28. The molecule has 3 aromatic carbocycles. The molecule has 0 radical (unpaired) electrons. The van der Waals surface area contributed by atoms with Gasteiger partial charge in [0, 0.05) is 24.5 Å². The number of rotatable bonds is 7. The van der Waals surface area contributed by atoms with Crippen LogP contribution in [-0.2, 0) is 19.5 Å². The molecule has 2 N–H and O–H groups in total. The summed E-state index contributed by atoms with van der Waals surface area (Å²) in [5.74, 6) is 1.71. The highest BCUT2D eigenvalue weighted by Gasteiger charge is 2.27. The molecular weight excluding hydrogens is 518 g/mol. The standard InChI is InChI=1S/C29H28ClN5O4/c1-38-22-11-8-19(9-12-22)17-31-28-32-24-14-15-34(29(37)33-25-16-20(30)10-13-26(25)39-2)18-23(24)27(36)35(28)21-6-4-3-5-7-21/h3-13,16H,14-15,17-18H2,1-2H3,(H,31,32)(H,33,37). The Balaban J connectivity index is 1.43. The summed E-state index contributed by atoms with van der Waals surface area (Å²) in [7, 11) is 3.15. The van der Waals surface area contributed by atoms with Crippen molar-refractivity contribution in [2.45, 2.75) is 19.5 Å². The van der Waals surface area contributed by atoms with Crippen molar-refractivity contribution in [1.29, 1.82) is 0 Å². The van der Waals surface area contributed by atoms with Gasteiger partial charge in [0.2, 0.25) is 5.95 Å². The number of nitrogens with one attached hydrogen (secondary N) is 2. The summed E-state index contributed by atoms with van der Waals surface area (Å²) in [5, 5.41) is 6.66. The van der Waals surface area contributed by atoms with Gasteiger partial charge in [0.25, 0.3) is 5.56 Å². The van der Waals surface area contributed by atoms with Crippen LogP contribution in [0, 0.1) is 0 Å². The first-order valence-corrected chi connectivity index (χ1v) is 12.8. The minimum atomic E-state index is -0.353. The van der Waals surface area contributed by atoms with Crippen molar-refractivity contribution in [3.8, 4) is 17.2 Å². The summed E-state index contributed by atoms with van der Waals surface area (Å²) in [6.07, 6.45) is 0.442. The number of amides is 2. The third-order valence-electron chi connectivity index (χ3n) is 6.54. The molecule has 39 heavy (non-hydrogen) atoms. The lowest BCUT2D eigenvalue weighted by Gasteiger charge is -2.29.